The highest BCUT2D eigenvalue weighted by Crippen LogP contribution is 2.20. The third-order valence-electron chi connectivity index (χ3n) is 4.43. The molecule has 0 aliphatic carbocycles. The first kappa shape index (κ1) is 20.2. The van der Waals surface area contributed by atoms with Gasteiger partial charge in [0.2, 0.25) is 0 Å². The van der Waals surface area contributed by atoms with Gasteiger partial charge in [-0.25, -0.2) is 0 Å². The molecule has 0 saturated heterocycles. The van der Waals surface area contributed by atoms with Crippen LogP contribution in [0.3, 0.4) is 0 Å². The Morgan fingerprint density at radius 3 is 0.929 bits per heavy atom. The second kappa shape index (κ2) is 10.7. The average Bonchev–Trinajstić information content (AvgIpc) is 2.81. The quantitative estimate of drug-likeness (QED) is 0.300. The maximum atomic E-state index is 5.73. The highest BCUT2D eigenvalue weighted by molar-refractivity contribution is 6.17. The molecule has 0 heterocycles. The molecule has 0 unspecified atom stereocenters. The van der Waals surface area contributed by atoms with Gasteiger partial charge in [0.1, 0.15) is 0 Å². The molecule has 4 rings (SSSR count). The van der Waals surface area contributed by atoms with Crippen molar-refractivity contribution in [3.8, 4) is 22.3 Å². The Bertz CT molecular complexity index is 862. The summed E-state index contributed by atoms with van der Waals surface area (Å²) in [6, 6.07) is 37.3. The minimum absolute atomic E-state index is 0.578. The largest absolute Gasteiger partial charge is 0.122 e. The molecule has 140 valence electrons. The zero-order chi connectivity index (χ0) is 19.6. The van der Waals surface area contributed by atoms with E-state index in [1.807, 2.05) is 36.4 Å². The van der Waals surface area contributed by atoms with Gasteiger partial charge in [-0.15, -0.1) is 23.2 Å². The Hall–Kier alpha value is -2.54. The Labute approximate surface area is 177 Å². The van der Waals surface area contributed by atoms with E-state index in [9.17, 15) is 0 Å². The van der Waals surface area contributed by atoms with Crippen molar-refractivity contribution < 1.29 is 0 Å². The van der Waals surface area contributed by atoms with E-state index in [1.165, 1.54) is 22.3 Å². The molecule has 0 spiro atoms. The second-order valence-corrected chi connectivity index (χ2v) is 6.93. The minimum atomic E-state index is 0.578. The molecular weight excluding hydrogens is 383 g/mol. The molecule has 0 aliphatic rings. The van der Waals surface area contributed by atoms with Crippen LogP contribution in [0.25, 0.3) is 22.3 Å². The molecule has 0 N–H and O–H groups in total. The van der Waals surface area contributed by atoms with Crippen molar-refractivity contribution in [1.29, 1.82) is 0 Å². The molecule has 0 aromatic heterocycles. The fourth-order valence-electron chi connectivity index (χ4n) is 2.83. The maximum absolute atomic E-state index is 5.73. The molecule has 0 bridgehead atoms. The SMILES string of the molecule is ClCc1ccc(-c2ccccc2)cc1.ClCc1ccc(-c2ccccc2)cc1. The second-order valence-electron chi connectivity index (χ2n) is 6.39. The van der Waals surface area contributed by atoms with E-state index < -0.39 is 0 Å². The summed E-state index contributed by atoms with van der Waals surface area (Å²) < 4.78 is 0. The van der Waals surface area contributed by atoms with Crippen LogP contribution >= 0.6 is 23.2 Å². The van der Waals surface area contributed by atoms with Crippen molar-refractivity contribution in [2.45, 2.75) is 11.8 Å². The predicted octanol–water partition coefficient (Wildman–Crippen LogP) is 8.18. The Balaban J connectivity index is 0.000000161. The van der Waals surface area contributed by atoms with Crippen molar-refractivity contribution in [3.05, 3.63) is 120 Å². The Morgan fingerprint density at radius 1 is 0.357 bits per heavy atom. The summed E-state index contributed by atoms with van der Waals surface area (Å²) in [7, 11) is 0. The lowest BCUT2D eigenvalue weighted by atomic mass is 10.0. The van der Waals surface area contributed by atoms with Gasteiger partial charge >= 0.3 is 0 Å². The minimum Gasteiger partial charge on any atom is -0.122 e. The number of rotatable bonds is 4. The number of alkyl halides is 2. The van der Waals surface area contributed by atoms with Crippen molar-refractivity contribution in [2.75, 3.05) is 0 Å². The molecular formula is C26H22Cl2. The van der Waals surface area contributed by atoms with E-state index in [0.29, 0.717) is 11.8 Å². The third-order valence-corrected chi connectivity index (χ3v) is 5.05. The summed E-state index contributed by atoms with van der Waals surface area (Å²) in [6.07, 6.45) is 0. The average molecular weight is 405 g/mol. The van der Waals surface area contributed by atoms with E-state index in [-0.39, 0.29) is 0 Å². The molecule has 2 heteroatoms. The van der Waals surface area contributed by atoms with Gasteiger partial charge in [0.05, 0.1) is 0 Å². The lowest BCUT2D eigenvalue weighted by molar-refractivity contribution is 1.40. The third kappa shape index (κ3) is 5.73. The zero-order valence-corrected chi connectivity index (χ0v) is 17.1. The van der Waals surface area contributed by atoms with Crippen LogP contribution in [0.5, 0.6) is 0 Å². The number of hydrogen-bond donors (Lipinski definition) is 0. The summed E-state index contributed by atoms with van der Waals surface area (Å²) in [5.41, 5.74) is 7.28. The standard InChI is InChI=1S/2C13H11Cl/c2*14-10-11-6-8-13(9-7-11)12-4-2-1-3-5-12/h2*1-9H,10H2. The van der Waals surface area contributed by atoms with Crippen LogP contribution in [0, 0.1) is 0 Å². The monoisotopic (exact) mass is 404 g/mol. The van der Waals surface area contributed by atoms with Gasteiger partial charge < -0.3 is 0 Å². The van der Waals surface area contributed by atoms with Gasteiger partial charge in [-0.2, -0.15) is 0 Å². The van der Waals surface area contributed by atoms with E-state index in [1.54, 1.807) is 0 Å². The van der Waals surface area contributed by atoms with Crippen LogP contribution in [0.2, 0.25) is 0 Å². The first-order chi connectivity index (χ1) is 13.8. The molecule has 4 aromatic carbocycles. The van der Waals surface area contributed by atoms with Crippen molar-refractivity contribution in [2.24, 2.45) is 0 Å². The van der Waals surface area contributed by atoms with E-state index >= 15 is 0 Å². The zero-order valence-electron chi connectivity index (χ0n) is 15.6. The molecule has 4 aromatic rings. The molecule has 0 nitrogen and oxygen atoms in total. The summed E-state index contributed by atoms with van der Waals surface area (Å²) in [4.78, 5) is 0. The van der Waals surface area contributed by atoms with Crippen LogP contribution in [0.4, 0.5) is 0 Å². The highest BCUT2D eigenvalue weighted by atomic mass is 35.5. The Morgan fingerprint density at radius 2 is 0.643 bits per heavy atom. The van der Waals surface area contributed by atoms with Crippen LogP contribution in [-0.2, 0) is 11.8 Å². The van der Waals surface area contributed by atoms with E-state index in [0.717, 1.165) is 11.1 Å². The molecule has 0 aliphatic heterocycles. The maximum Gasteiger partial charge on any atom is 0.0474 e. The number of benzene rings is 4. The fourth-order valence-corrected chi connectivity index (χ4v) is 3.19. The van der Waals surface area contributed by atoms with E-state index in [2.05, 4.69) is 72.8 Å². The molecule has 0 saturated carbocycles. The topological polar surface area (TPSA) is 0 Å². The molecule has 28 heavy (non-hydrogen) atoms. The van der Waals surface area contributed by atoms with Gasteiger partial charge in [-0.05, 0) is 33.4 Å². The summed E-state index contributed by atoms with van der Waals surface area (Å²) in [6.45, 7) is 0. The first-order valence-corrected chi connectivity index (χ1v) is 10.3. The summed E-state index contributed by atoms with van der Waals surface area (Å²) >= 11 is 11.5. The van der Waals surface area contributed by atoms with Gasteiger partial charge in [-0.3, -0.25) is 0 Å². The van der Waals surface area contributed by atoms with E-state index in [4.69, 9.17) is 23.2 Å². The smallest absolute Gasteiger partial charge is 0.0474 e. The fraction of sp³-hybridized carbons (Fsp3) is 0.0769. The molecule has 0 amide bonds. The van der Waals surface area contributed by atoms with Gasteiger partial charge in [-0.1, -0.05) is 109 Å². The van der Waals surface area contributed by atoms with Crippen molar-refractivity contribution in [1.82, 2.24) is 0 Å². The first-order valence-electron chi connectivity index (χ1n) is 9.21. The number of halogens is 2. The van der Waals surface area contributed by atoms with Crippen LogP contribution in [0.1, 0.15) is 11.1 Å². The van der Waals surface area contributed by atoms with Crippen LogP contribution in [0.15, 0.2) is 109 Å². The van der Waals surface area contributed by atoms with Crippen LogP contribution in [-0.4, -0.2) is 0 Å². The van der Waals surface area contributed by atoms with Crippen molar-refractivity contribution in [3.63, 3.8) is 0 Å². The lowest BCUT2D eigenvalue weighted by Gasteiger charge is -2.01. The van der Waals surface area contributed by atoms with Crippen molar-refractivity contribution >= 4 is 23.2 Å². The Kier molecular flexibility index (Phi) is 7.72. The molecule has 0 fully saturated rings. The van der Waals surface area contributed by atoms with Gasteiger partial charge in [0, 0.05) is 11.8 Å². The normalized spacial score (nSPS) is 10.1. The number of hydrogen-bond acceptors (Lipinski definition) is 0. The molecule has 0 atom stereocenters. The van der Waals surface area contributed by atoms with Gasteiger partial charge in [0.15, 0.2) is 0 Å². The summed E-state index contributed by atoms with van der Waals surface area (Å²) in [5.74, 6) is 1.16. The van der Waals surface area contributed by atoms with Gasteiger partial charge in [0.25, 0.3) is 0 Å². The predicted molar refractivity (Wildman–Crippen MR) is 123 cm³/mol. The summed E-state index contributed by atoms with van der Waals surface area (Å²) in [5, 5.41) is 0. The highest BCUT2D eigenvalue weighted by Gasteiger charge is 1.96. The van der Waals surface area contributed by atoms with Crippen LogP contribution < -0.4 is 0 Å². The molecule has 0 radical (unpaired) electrons. The lowest BCUT2D eigenvalue weighted by Crippen LogP contribution is -1.79.